The molecule has 0 atom stereocenters. The van der Waals surface area contributed by atoms with Crippen LogP contribution < -0.4 is 4.90 Å². The van der Waals surface area contributed by atoms with E-state index in [0.29, 0.717) is 0 Å². The van der Waals surface area contributed by atoms with Crippen molar-refractivity contribution in [2.45, 2.75) is 0 Å². The van der Waals surface area contributed by atoms with Gasteiger partial charge in [0.15, 0.2) is 5.58 Å². The van der Waals surface area contributed by atoms with Crippen LogP contribution in [0.15, 0.2) is 192 Å². The van der Waals surface area contributed by atoms with E-state index in [2.05, 4.69) is 193 Å². The summed E-state index contributed by atoms with van der Waals surface area (Å²) in [5.41, 5.74) is 11.9. The van der Waals surface area contributed by atoms with Gasteiger partial charge in [-0.25, -0.2) is 0 Å². The van der Waals surface area contributed by atoms with Crippen molar-refractivity contribution in [3.8, 4) is 33.4 Å². The first-order valence-electron chi connectivity index (χ1n) is 17.3. The smallest absolute Gasteiger partial charge is 0.159 e. The summed E-state index contributed by atoms with van der Waals surface area (Å²) in [6.07, 6.45) is 0. The minimum absolute atomic E-state index is 0.861. The van der Waals surface area contributed by atoms with E-state index in [1.165, 1.54) is 42.4 Å². The van der Waals surface area contributed by atoms with Crippen molar-refractivity contribution < 1.29 is 4.42 Å². The summed E-state index contributed by atoms with van der Waals surface area (Å²) in [7, 11) is 0. The third-order valence-corrected chi connectivity index (χ3v) is 11.1. The second-order valence-electron chi connectivity index (χ2n) is 12.9. The predicted molar refractivity (Wildman–Crippen MR) is 218 cm³/mol. The highest BCUT2D eigenvalue weighted by Crippen LogP contribution is 2.48. The van der Waals surface area contributed by atoms with Crippen molar-refractivity contribution in [1.82, 2.24) is 0 Å². The molecule has 51 heavy (non-hydrogen) atoms. The third-order valence-electron chi connectivity index (χ3n) is 9.88. The van der Waals surface area contributed by atoms with Crippen LogP contribution in [0, 0.1) is 0 Å². The van der Waals surface area contributed by atoms with Gasteiger partial charge in [-0.3, -0.25) is 0 Å². The molecule has 0 spiro atoms. The van der Waals surface area contributed by atoms with Crippen LogP contribution in [0.4, 0.5) is 17.1 Å². The second kappa shape index (κ2) is 12.2. The van der Waals surface area contributed by atoms with Gasteiger partial charge in [-0.2, -0.15) is 0 Å². The van der Waals surface area contributed by atoms with Crippen molar-refractivity contribution in [3.05, 3.63) is 188 Å². The number of hydrogen-bond donors (Lipinski definition) is 0. The van der Waals surface area contributed by atoms with E-state index in [4.69, 9.17) is 4.42 Å². The Balaban J connectivity index is 1.24. The summed E-state index contributed by atoms with van der Waals surface area (Å²) in [6, 6.07) is 67.2. The summed E-state index contributed by atoms with van der Waals surface area (Å²) in [5, 5.41) is 4.79. The lowest BCUT2D eigenvalue weighted by atomic mass is 9.92. The largest absolute Gasteiger partial charge is 0.453 e. The monoisotopic (exact) mass is 669 g/mol. The van der Waals surface area contributed by atoms with Gasteiger partial charge in [-0.15, -0.1) is 11.3 Å². The fourth-order valence-electron chi connectivity index (χ4n) is 7.55. The highest BCUT2D eigenvalue weighted by molar-refractivity contribution is 7.26. The Morgan fingerprint density at radius 2 is 0.961 bits per heavy atom. The fourth-order valence-corrected chi connectivity index (χ4v) is 8.78. The molecule has 0 aliphatic heterocycles. The van der Waals surface area contributed by atoms with E-state index in [9.17, 15) is 0 Å². The Kier molecular flexibility index (Phi) is 7.04. The molecule has 3 heteroatoms. The van der Waals surface area contributed by atoms with Crippen molar-refractivity contribution in [2.24, 2.45) is 0 Å². The first-order valence-corrected chi connectivity index (χ1v) is 18.1. The lowest BCUT2D eigenvalue weighted by Gasteiger charge is -2.27. The number of para-hydroxylation sites is 3. The minimum Gasteiger partial charge on any atom is -0.453 e. The Bertz CT molecular complexity index is 2850. The second-order valence-corrected chi connectivity index (χ2v) is 13.9. The molecule has 0 bridgehead atoms. The molecule has 240 valence electrons. The Morgan fingerprint density at radius 1 is 0.373 bits per heavy atom. The minimum atomic E-state index is 0.861. The van der Waals surface area contributed by atoms with Gasteiger partial charge in [-0.1, -0.05) is 152 Å². The Morgan fingerprint density at radius 3 is 1.73 bits per heavy atom. The van der Waals surface area contributed by atoms with Crippen LogP contribution >= 0.6 is 11.3 Å². The van der Waals surface area contributed by atoms with E-state index in [1.807, 2.05) is 11.3 Å². The number of anilines is 3. The summed E-state index contributed by atoms with van der Waals surface area (Å²) >= 11 is 1.87. The lowest BCUT2D eigenvalue weighted by molar-refractivity contribution is 0.670. The molecule has 0 unspecified atom stereocenters. The molecule has 0 amide bonds. The summed E-state index contributed by atoms with van der Waals surface area (Å²) in [6.45, 7) is 0. The topological polar surface area (TPSA) is 16.4 Å². The molecule has 0 fully saturated rings. The molecule has 0 N–H and O–H groups in total. The van der Waals surface area contributed by atoms with Gasteiger partial charge in [0.2, 0.25) is 0 Å². The van der Waals surface area contributed by atoms with Gasteiger partial charge >= 0.3 is 0 Å². The number of rotatable bonds is 6. The van der Waals surface area contributed by atoms with Crippen molar-refractivity contribution in [1.29, 1.82) is 0 Å². The van der Waals surface area contributed by atoms with Crippen LogP contribution in [0.1, 0.15) is 0 Å². The average Bonchev–Trinajstić information content (AvgIpc) is 3.78. The Labute approximate surface area is 300 Å². The third kappa shape index (κ3) is 4.93. The van der Waals surface area contributed by atoms with Gasteiger partial charge in [0.25, 0.3) is 0 Å². The van der Waals surface area contributed by atoms with E-state index < -0.39 is 0 Å². The van der Waals surface area contributed by atoms with Crippen molar-refractivity contribution in [3.63, 3.8) is 0 Å². The van der Waals surface area contributed by atoms with E-state index in [0.717, 1.165) is 50.1 Å². The highest BCUT2D eigenvalue weighted by Gasteiger charge is 2.22. The molecule has 0 saturated heterocycles. The molecule has 10 aromatic rings. The number of thiophene rings is 1. The number of fused-ring (bicyclic) bond motifs is 6. The van der Waals surface area contributed by atoms with E-state index in [1.54, 1.807) is 0 Å². The Hall–Kier alpha value is -6.42. The standard InChI is InChI=1S/C48H31NOS/c1-4-15-32(16-5-1)36-30-29-35(31-43(36)42-26-13-25-41-38-21-10-11-28-45(38)51-48(41)42)49(34-19-8-3-9-20-34)44-27-14-24-40-39-23-12-22-37(46(39)50-47(40)44)33-17-6-2-7-18-33/h1-31H. The maximum atomic E-state index is 6.95. The molecule has 0 aliphatic rings. The molecular formula is C48H31NOS. The average molecular weight is 670 g/mol. The van der Waals surface area contributed by atoms with Crippen LogP contribution in [0.5, 0.6) is 0 Å². The predicted octanol–water partition coefficient (Wildman–Crippen LogP) is 14.4. The van der Waals surface area contributed by atoms with E-state index >= 15 is 0 Å². The zero-order valence-corrected chi connectivity index (χ0v) is 28.5. The zero-order chi connectivity index (χ0) is 33.7. The van der Waals surface area contributed by atoms with Gasteiger partial charge in [0.05, 0.1) is 5.69 Å². The fraction of sp³-hybridized carbons (Fsp3) is 0. The van der Waals surface area contributed by atoms with Gasteiger partial charge in [0.1, 0.15) is 5.58 Å². The van der Waals surface area contributed by atoms with Gasteiger partial charge < -0.3 is 9.32 Å². The molecule has 0 radical (unpaired) electrons. The molecule has 2 heterocycles. The van der Waals surface area contributed by atoms with Crippen LogP contribution in [0.3, 0.4) is 0 Å². The van der Waals surface area contributed by atoms with Crippen LogP contribution in [-0.2, 0) is 0 Å². The normalized spacial score (nSPS) is 11.5. The van der Waals surface area contributed by atoms with Crippen LogP contribution in [-0.4, -0.2) is 0 Å². The first-order chi connectivity index (χ1) is 25.3. The van der Waals surface area contributed by atoms with Crippen LogP contribution in [0.2, 0.25) is 0 Å². The zero-order valence-electron chi connectivity index (χ0n) is 27.7. The molecule has 10 rings (SSSR count). The van der Waals surface area contributed by atoms with Crippen LogP contribution in [0.25, 0.3) is 75.5 Å². The maximum absolute atomic E-state index is 6.95. The molecular weight excluding hydrogens is 639 g/mol. The number of hydrogen-bond acceptors (Lipinski definition) is 3. The summed E-state index contributed by atoms with van der Waals surface area (Å²) in [5.74, 6) is 0. The van der Waals surface area contributed by atoms with Gasteiger partial charge in [0, 0.05) is 53.4 Å². The molecule has 2 nitrogen and oxygen atoms in total. The quantitative estimate of drug-likeness (QED) is 0.175. The summed E-state index contributed by atoms with van der Waals surface area (Å²) in [4.78, 5) is 2.34. The number of benzene rings is 8. The number of furan rings is 1. The molecule has 2 aromatic heterocycles. The first kappa shape index (κ1) is 29.5. The SMILES string of the molecule is c1ccc(-c2ccc(N(c3ccccc3)c3cccc4c3oc3c(-c5ccccc5)cccc34)cc2-c2cccc3c2sc2ccccc23)cc1. The molecule has 8 aromatic carbocycles. The van der Waals surface area contributed by atoms with Gasteiger partial charge in [-0.05, 0) is 58.7 Å². The van der Waals surface area contributed by atoms with Crippen molar-refractivity contribution >= 4 is 70.5 Å². The highest BCUT2D eigenvalue weighted by atomic mass is 32.1. The number of nitrogens with zero attached hydrogens (tertiary/aromatic N) is 1. The van der Waals surface area contributed by atoms with Crippen molar-refractivity contribution in [2.75, 3.05) is 4.90 Å². The lowest BCUT2D eigenvalue weighted by Crippen LogP contribution is -2.10. The maximum Gasteiger partial charge on any atom is 0.159 e. The molecule has 0 saturated carbocycles. The molecule has 0 aliphatic carbocycles. The summed E-state index contributed by atoms with van der Waals surface area (Å²) < 4.78 is 9.55. The van der Waals surface area contributed by atoms with E-state index in [-0.39, 0.29) is 0 Å².